The Morgan fingerprint density at radius 1 is 0.967 bits per heavy atom. The van der Waals surface area contributed by atoms with Crippen molar-refractivity contribution in [3.8, 4) is 11.3 Å². The van der Waals surface area contributed by atoms with Crippen molar-refractivity contribution >= 4 is 10.0 Å². The van der Waals surface area contributed by atoms with E-state index in [4.69, 9.17) is 0 Å². The van der Waals surface area contributed by atoms with Crippen molar-refractivity contribution in [1.82, 2.24) is 14.1 Å². The average Bonchev–Trinajstić information content (AvgIpc) is 3.06. The molecule has 0 spiro atoms. The van der Waals surface area contributed by atoms with E-state index in [-0.39, 0.29) is 5.56 Å². The van der Waals surface area contributed by atoms with Crippen LogP contribution in [0.4, 0.5) is 0 Å². The zero-order chi connectivity index (χ0) is 21.3. The fraction of sp³-hybridized carbons (Fsp3) is 0.565. The molecule has 162 valence electrons. The molecule has 0 radical (unpaired) electrons. The molecule has 0 bridgehead atoms. The number of fused-ring (bicyclic) bond motifs is 1. The molecule has 2 aromatic rings. The molecule has 0 amide bonds. The third kappa shape index (κ3) is 3.85. The first-order chi connectivity index (χ1) is 14.4. The molecule has 1 aromatic carbocycles. The van der Waals surface area contributed by atoms with E-state index >= 15 is 0 Å². The van der Waals surface area contributed by atoms with Gasteiger partial charge in [0.15, 0.2) is 0 Å². The van der Waals surface area contributed by atoms with Crippen LogP contribution in [0.25, 0.3) is 11.3 Å². The Labute approximate surface area is 179 Å². The van der Waals surface area contributed by atoms with Crippen LogP contribution in [0.15, 0.2) is 27.9 Å². The standard InChI is InChI=1S/C23H31N3O3S/c1-3-17-12-13-18(16-21(17)30(28,29)26-14-8-4-5-9-15-26)22-19-10-6-7-11-20(19)23(27)25(2)24-22/h12-13,16H,3-11,14-15H2,1-2H3. The van der Waals surface area contributed by atoms with Gasteiger partial charge in [-0.3, -0.25) is 4.79 Å². The number of nitrogens with zero attached hydrogens (tertiary/aromatic N) is 3. The van der Waals surface area contributed by atoms with Gasteiger partial charge < -0.3 is 0 Å². The minimum Gasteiger partial charge on any atom is -0.268 e. The van der Waals surface area contributed by atoms with Crippen LogP contribution < -0.4 is 5.56 Å². The van der Waals surface area contributed by atoms with Gasteiger partial charge in [-0.15, -0.1) is 0 Å². The van der Waals surface area contributed by atoms with Gasteiger partial charge >= 0.3 is 0 Å². The summed E-state index contributed by atoms with van der Waals surface area (Å²) in [5.74, 6) is 0. The second kappa shape index (κ2) is 8.63. The summed E-state index contributed by atoms with van der Waals surface area (Å²) < 4.78 is 30.2. The van der Waals surface area contributed by atoms with Crippen molar-refractivity contribution in [2.45, 2.75) is 69.6 Å². The van der Waals surface area contributed by atoms with Gasteiger partial charge in [0.2, 0.25) is 10.0 Å². The maximum atomic E-state index is 13.6. The molecule has 0 N–H and O–H groups in total. The van der Waals surface area contributed by atoms with Gasteiger partial charge in [0.25, 0.3) is 5.56 Å². The number of aromatic nitrogens is 2. The maximum absolute atomic E-state index is 13.6. The average molecular weight is 430 g/mol. The van der Waals surface area contributed by atoms with Crippen LogP contribution in [0.3, 0.4) is 0 Å². The minimum atomic E-state index is -3.56. The SMILES string of the molecule is CCc1ccc(-c2nn(C)c(=O)c3c2CCCC3)cc1S(=O)(=O)N1CCCCCC1. The van der Waals surface area contributed by atoms with Gasteiger partial charge in [-0.2, -0.15) is 9.40 Å². The van der Waals surface area contributed by atoms with E-state index in [9.17, 15) is 13.2 Å². The summed E-state index contributed by atoms with van der Waals surface area (Å²) in [6.07, 6.45) is 8.27. The van der Waals surface area contributed by atoms with E-state index in [0.717, 1.165) is 79.3 Å². The Morgan fingerprint density at radius 2 is 1.63 bits per heavy atom. The van der Waals surface area contributed by atoms with Gasteiger partial charge in [-0.25, -0.2) is 13.1 Å². The lowest BCUT2D eigenvalue weighted by atomic mass is 9.89. The van der Waals surface area contributed by atoms with Crippen molar-refractivity contribution in [3.63, 3.8) is 0 Å². The molecule has 1 fully saturated rings. The van der Waals surface area contributed by atoms with Crippen LogP contribution in [-0.2, 0) is 36.3 Å². The van der Waals surface area contributed by atoms with E-state index in [2.05, 4.69) is 5.10 Å². The van der Waals surface area contributed by atoms with E-state index < -0.39 is 10.0 Å². The zero-order valence-corrected chi connectivity index (χ0v) is 18.8. The summed E-state index contributed by atoms with van der Waals surface area (Å²) in [6, 6.07) is 5.67. The molecule has 6 nitrogen and oxygen atoms in total. The number of sulfonamides is 1. The Hall–Kier alpha value is -1.99. The molecule has 0 atom stereocenters. The number of aryl methyl sites for hydroxylation is 2. The number of benzene rings is 1. The Morgan fingerprint density at radius 3 is 2.30 bits per heavy atom. The van der Waals surface area contributed by atoms with Gasteiger partial charge in [0.1, 0.15) is 0 Å². The highest BCUT2D eigenvalue weighted by Gasteiger charge is 2.28. The quantitative estimate of drug-likeness (QED) is 0.746. The van der Waals surface area contributed by atoms with Crippen molar-refractivity contribution in [3.05, 3.63) is 45.2 Å². The predicted octanol–water partition coefficient (Wildman–Crippen LogP) is 3.45. The molecular formula is C23H31N3O3S. The van der Waals surface area contributed by atoms with Crippen molar-refractivity contribution in [2.75, 3.05) is 13.1 Å². The van der Waals surface area contributed by atoms with Crippen LogP contribution in [0, 0.1) is 0 Å². The first-order valence-corrected chi connectivity index (χ1v) is 12.6. The van der Waals surface area contributed by atoms with Crippen molar-refractivity contribution in [2.24, 2.45) is 7.05 Å². The number of hydrogen-bond acceptors (Lipinski definition) is 4. The molecule has 1 saturated heterocycles. The van der Waals surface area contributed by atoms with Crippen LogP contribution >= 0.6 is 0 Å². The van der Waals surface area contributed by atoms with Gasteiger partial charge in [0, 0.05) is 31.3 Å². The number of rotatable bonds is 4. The predicted molar refractivity (Wildman–Crippen MR) is 118 cm³/mol. The molecule has 0 unspecified atom stereocenters. The van der Waals surface area contributed by atoms with Crippen LogP contribution in [-0.4, -0.2) is 35.6 Å². The lowest BCUT2D eigenvalue weighted by Crippen LogP contribution is -2.32. The first-order valence-electron chi connectivity index (χ1n) is 11.2. The largest absolute Gasteiger partial charge is 0.269 e. The smallest absolute Gasteiger partial charge is 0.268 e. The van der Waals surface area contributed by atoms with E-state index in [0.29, 0.717) is 24.4 Å². The third-order valence-corrected chi connectivity index (χ3v) is 8.44. The summed E-state index contributed by atoms with van der Waals surface area (Å²) in [6.45, 7) is 3.16. The monoisotopic (exact) mass is 429 g/mol. The van der Waals surface area contributed by atoms with Crippen LogP contribution in [0.1, 0.15) is 62.1 Å². The second-order valence-electron chi connectivity index (χ2n) is 8.44. The summed E-state index contributed by atoms with van der Waals surface area (Å²) in [5.41, 5.74) is 4.17. The Kier molecular flexibility index (Phi) is 6.11. The molecule has 4 rings (SSSR count). The number of hydrogen-bond donors (Lipinski definition) is 0. The van der Waals surface area contributed by atoms with E-state index in [1.165, 1.54) is 4.68 Å². The molecule has 30 heavy (non-hydrogen) atoms. The van der Waals surface area contributed by atoms with E-state index in [1.807, 2.05) is 19.1 Å². The molecule has 1 aromatic heterocycles. The van der Waals surface area contributed by atoms with Crippen molar-refractivity contribution in [1.29, 1.82) is 0 Å². The van der Waals surface area contributed by atoms with E-state index in [1.54, 1.807) is 17.4 Å². The lowest BCUT2D eigenvalue weighted by Gasteiger charge is -2.23. The fourth-order valence-corrected chi connectivity index (χ4v) is 6.58. The fourth-order valence-electron chi connectivity index (χ4n) is 4.74. The molecule has 1 aliphatic heterocycles. The van der Waals surface area contributed by atoms with Crippen LogP contribution in [0.2, 0.25) is 0 Å². The summed E-state index contributed by atoms with van der Waals surface area (Å²) in [7, 11) is -1.88. The molecular weight excluding hydrogens is 398 g/mol. The minimum absolute atomic E-state index is 0.0314. The molecule has 2 aliphatic rings. The first kappa shape index (κ1) is 21.2. The Bertz CT molecular complexity index is 1100. The Balaban J connectivity index is 1.85. The summed E-state index contributed by atoms with van der Waals surface area (Å²) in [4.78, 5) is 13.0. The third-order valence-electron chi connectivity index (χ3n) is 6.46. The highest BCUT2D eigenvalue weighted by molar-refractivity contribution is 7.89. The van der Waals surface area contributed by atoms with Gasteiger partial charge in [-0.1, -0.05) is 31.9 Å². The molecule has 0 saturated carbocycles. The lowest BCUT2D eigenvalue weighted by molar-refractivity contribution is 0.423. The van der Waals surface area contributed by atoms with Crippen molar-refractivity contribution < 1.29 is 8.42 Å². The highest BCUT2D eigenvalue weighted by Crippen LogP contribution is 2.32. The highest BCUT2D eigenvalue weighted by atomic mass is 32.2. The maximum Gasteiger partial charge on any atom is 0.269 e. The second-order valence-corrected chi connectivity index (χ2v) is 10.3. The zero-order valence-electron chi connectivity index (χ0n) is 18.0. The molecule has 1 aliphatic carbocycles. The molecule has 7 heteroatoms. The normalized spacial score (nSPS) is 18.1. The summed E-state index contributed by atoms with van der Waals surface area (Å²) in [5, 5.41) is 4.56. The van der Waals surface area contributed by atoms with Gasteiger partial charge in [0.05, 0.1) is 10.6 Å². The van der Waals surface area contributed by atoms with Gasteiger partial charge in [-0.05, 0) is 62.1 Å². The van der Waals surface area contributed by atoms with Crippen LogP contribution in [0.5, 0.6) is 0 Å². The summed E-state index contributed by atoms with van der Waals surface area (Å²) >= 11 is 0. The molecule has 2 heterocycles. The topological polar surface area (TPSA) is 72.3 Å².